The van der Waals surface area contributed by atoms with Gasteiger partial charge in [-0.3, -0.25) is 4.79 Å². The summed E-state index contributed by atoms with van der Waals surface area (Å²) in [4.78, 5) is 14.8. The molecule has 2 atom stereocenters. The van der Waals surface area contributed by atoms with Gasteiger partial charge in [-0.1, -0.05) is 60.7 Å². The van der Waals surface area contributed by atoms with Crippen molar-refractivity contribution in [3.8, 4) is 0 Å². The largest absolute Gasteiger partial charge is 0.459 e. The molecular weight excluding hydrogens is 326 g/mol. The van der Waals surface area contributed by atoms with Gasteiger partial charge in [0.05, 0.1) is 0 Å². The molecule has 2 aliphatic heterocycles. The van der Waals surface area contributed by atoms with Crippen LogP contribution < -0.4 is 0 Å². The predicted molar refractivity (Wildman–Crippen MR) is 99.2 cm³/mol. The molecule has 2 aliphatic rings. The van der Waals surface area contributed by atoms with E-state index in [2.05, 4.69) is 12.1 Å². The minimum atomic E-state index is -0.371. The van der Waals surface area contributed by atoms with Crippen LogP contribution in [0.1, 0.15) is 30.4 Å². The quantitative estimate of drug-likeness (QED) is 0.823. The molecule has 0 spiro atoms. The zero-order valence-electron chi connectivity index (χ0n) is 14.9. The van der Waals surface area contributed by atoms with Gasteiger partial charge in [-0.15, -0.1) is 0 Å². The average molecular weight is 349 g/mol. The van der Waals surface area contributed by atoms with E-state index in [4.69, 9.17) is 9.47 Å². The van der Waals surface area contributed by atoms with Crippen molar-refractivity contribution in [1.29, 1.82) is 0 Å². The number of benzene rings is 2. The van der Waals surface area contributed by atoms with E-state index in [1.165, 1.54) is 5.56 Å². The Kier molecular flexibility index (Phi) is 4.76. The zero-order valence-corrected chi connectivity index (χ0v) is 14.9. The van der Waals surface area contributed by atoms with Crippen molar-refractivity contribution in [1.82, 2.24) is 4.90 Å². The third kappa shape index (κ3) is 3.25. The first-order chi connectivity index (χ1) is 12.8. The maximum atomic E-state index is 13.0. The van der Waals surface area contributed by atoms with Crippen LogP contribution in [-0.4, -0.2) is 30.2 Å². The van der Waals surface area contributed by atoms with Gasteiger partial charge < -0.3 is 14.4 Å². The molecule has 4 rings (SSSR count). The maximum Gasteiger partial charge on any atom is 0.289 e. The van der Waals surface area contributed by atoms with Crippen molar-refractivity contribution in [2.45, 2.75) is 32.1 Å². The fourth-order valence-electron chi connectivity index (χ4n) is 3.78. The number of carbonyl (C=O) groups is 1. The maximum absolute atomic E-state index is 13.0. The van der Waals surface area contributed by atoms with E-state index in [9.17, 15) is 4.79 Å². The Bertz CT molecular complexity index is 801. The number of hydrogen-bond acceptors (Lipinski definition) is 3. The molecule has 4 heteroatoms. The molecule has 0 unspecified atom stereocenters. The van der Waals surface area contributed by atoms with Gasteiger partial charge in [0, 0.05) is 37.6 Å². The van der Waals surface area contributed by atoms with Crippen LogP contribution in [0.25, 0.3) is 0 Å². The number of hydrogen-bond donors (Lipinski definition) is 0. The van der Waals surface area contributed by atoms with E-state index in [1.54, 1.807) is 0 Å². The molecule has 134 valence electrons. The van der Waals surface area contributed by atoms with E-state index in [0.717, 1.165) is 17.6 Å². The summed E-state index contributed by atoms with van der Waals surface area (Å²) >= 11 is 0. The third-order valence-corrected chi connectivity index (χ3v) is 5.00. The minimum absolute atomic E-state index is 0.0332. The first kappa shape index (κ1) is 16.9. The highest BCUT2D eigenvalue weighted by molar-refractivity contribution is 5.95. The number of carbonyl (C=O) groups excluding carboxylic acids is 1. The average Bonchev–Trinajstić information content (AvgIpc) is 2.99. The monoisotopic (exact) mass is 349 g/mol. The van der Waals surface area contributed by atoms with Crippen molar-refractivity contribution < 1.29 is 14.3 Å². The summed E-state index contributed by atoms with van der Waals surface area (Å²) < 4.78 is 11.7. The Morgan fingerprint density at radius 3 is 2.46 bits per heavy atom. The second-order valence-corrected chi connectivity index (χ2v) is 6.70. The summed E-state index contributed by atoms with van der Waals surface area (Å²) in [7, 11) is 0. The standard InChI is InChI=1S/C22H23NO3/c1-2-25-20-13-18(17-11-7-4-8-12-17)19-15-23(22(24)21(19)26-20)14-16-9-5-3-6-10-16/h3-12,18,20H,2,13-15H2,1H3/t18-,20-/m0/s1. The molecule has 1 amide bonds. The van der Waals surface area contributed by atoms with E-state index >= 15 is 0 Å². The second kappa shape index (κ2) is 7.34. The smallest absolute Gasteiger partial charge is 0.289 e. The molecule has 0 bridgehead atoms. The van der Waals surface area contributed by atoms with Crippen LogP contribution in [0.15, 0.2) is 72.0 Å². The highest BCUT2D eigenvalue weighted by Crippen LogP contribution is 2.41. The summed E-state index contributed by atoms with van der Waals surface area (Å²) in [5.74, 6) is 0.606. The Hall–Kier alpha value is -2.59. The van der Waals surface area contributed by atoms with Gasteiger partial charge in [0.15, 0.2) is 5.76 Å². The molecule has 4 nitrogen and oxygen atoms in total. The van der Waals surface area contributed by atoms with Crippen LogP contribution in [0.5, 0.6) is 0 Å². The first-order valence-electron chi connectivity index (χ1n) is 9.15. The van der Waals surface area contributed by atoms with Crippen LogP contribution >= 0.6 is 0 Å². The molecule has 0 radical (unpaired) electrons. The molecule has 0 saturated carbocycles. The molecule has 2 heterocycles. The Labute approximate surface area is 154 Å². The number of amides is 1. The summed E-state index contributed by atoms with van der Waals surface area (Å²) in [6.45, 7) is 3.72. The van der Waals surface area contributed by atoms with Crippen LogP contribution in [0.2, 0.25) is 0 Å². The lowest BCUT2D eigenvalue weighted by Gasteiger charge is -2.30. The molecule has 0 saturated heterocycles. The van der Waals surface area contributed by atoms with Crippen molar-refractivity contribution in [3.05, 3.63) is 83.1 Å². The summed E-state index contributed by atoms with van der Waals surface area (Å²) in [5.41, 5.74) is 3.41. The van der Waals surface area contributed by atoms with Crippen LogP contribution in [0.4, 0.5) is 0 Å². The second-order valence-electron chi connectivity index (χ2n) is 6.70. The van der Waals surface area contributed by atoms with Crippen LogP contribution in [0, 0.1) is 0 Å². The molecule has 0 N–H and O–H groups in total. The summed E-state index contributed by atoms with van der Waals surface area (Å²) in [6.07, 6.45) is 0.368. The van der Waals surface area contributed by atoms with E-state index in [1.807, 2.05) is 60.4 Å². The highest BCUT2D eigenvalue weighted by atomic mass is 16.7. The van der Waals surface area contributed by atoms with Crippen molar-refractivity contribution in [2.24, 2.45) is 0 Å². The van der Waals surface area contributed by atoms with E-state index < -0.39 is 0 Å². The predicted octanol–water partition coefficient (Wildman–Crippen LogP) is 3.85. The molecule has 26 heavy (non-hydrogen) atoms. The number of ether oxygens (including phenoxy) is 2. The van der Waals surface area contributed by atoms with Crippen LogP contribution in [0.3, 0.4) is 0 Å². The molecule has 0 fully saturated rings. The summed E-state index contributed by atoms with van der Waals surface area (Å²) in [5, 5.41) is 0. The fraction of sp³-hybridized carbons (Fsp3) is 0.318. The first-order valence-corrected chi connectivity index (χ1v) is 9.15. The molecule has 2 aromatic rings. The van der Waals surface area contributed by atoms with Crippen molar-refractivity contribution >= 4 is 5.91 Å². The van der Waals surface area contributed by atoms with Crippen molar-refractivity contribution in [2.75, 3.05) is 13.2 Å². The van der Waals surface area contributed by atoms with E-state index in [-0.39, 0.29) is 18.1 Å². The van der Waals surface area contributed by atoms with Gasteiger partial charge >= 0.3 is 0 Å². The molecular formula is C22H23NO3. The van der Waals surface area contributed by atoms with Gasteiger partial charge in [-0.05, 0) is 18.1 Å². The number of nitrogens with zero attached hydrogens (tertiary/aromatic N) is 1. The van der Waals surface area contributed by atoms with Crippen LogP contribution in [-0.2, 0) is 20.8 Å². The lowest BCUT2D eigenvalue weighted by atomic mass is 9.86. The summed E-state index contributed by atoms with van der Waals surface area (Å²) in [6, 6.07) is 20.4. The highest BCUT2D eigenvalue weighted by Gasteiger charge is 2.42. The normalized spacial score (nSPS) is 22.3. The van der Waals surface area contributed by atoms with Gasteiger partial charge in [0.1, 0.15) is 0 Å². The number of rotatable bonds is 5. The SMILES string of the molecule is CCO[C@@H]1C[C@@H](c2ccccc2)C2=C(O1)C(=O)N(Cc1ccccc1)C2. The topological polar surface area (TPSA) is 38.8 Å². The molecule has 0 aromatic heterocycles. The lowest BCUT2D eigenvalue weighted by Crippen LogP contribution is -2.29. The van der Waals surface area contributed by atoms with Gasteiger partial charge in [-0.25, -0.2) is 0 Å². The molecule has 0 aliphatic carbocycles. The van der Waals surface area contributed by atoms with Crippen molar-refractivity contribution in [3.63, 3.8) is 0 Å². The van der Waals surface area contributed by atoms with E-state index in [0.29, 0.717) is 25.5 Å². The third-order valence-electron chi connectivity index (χ3n) is 5.00. The zero-order chi connectivity index (χ0) is 17.9. The Morgan fingerprint density at radius 2 is 1.77 bits per heavy atom. The minimum Gasteiger partial charge on any atom is -0.459 e. The van der Waals surface area contributed by atoms with Gasteiger partial charge in [0.25, 0.3) is 5.91 Å². The molecule has 2 aromatic carbocycles. The van der Waals surface area contributed by atoms with Gasteiger partial charge in [-0.2, -0.15) is 0 Å². The Balaban J connectivity index is 1.61. The lowest BCUT2D eigenvalue weighted by molar-refractivity contribution is -0.147. The fourth-order valence-corrected chi connectivity index (χ4v) is 3.78. The Morgan fingerprint density at radius 1 is 1.08 bits per heavy atom. The van der Waals surface area contributed by atoms with Gasteiger partial charge in [0.2, 0.25) is 6.29 Å².